The molecule has 0 unspecified atom stereocenters. The first-order valence-electron chi connectivity index (χ1n) is 7.10. The summed E-state index contributed by atoms with van der Waals surface area (Å²) in [5, 5.41) is 2.83. The zero-order chi connectivity index (χ0) is 15.4. The van der Waals surface area contributed by atoms with Crippen LogP contribution in [-0.4, -0.2) is 21.9 Å². The molecule has 0 saturated heterocycles. The lowest BCUT2D eigenvalue weighted by molar-refractivity contribution is -0.123. The lowest BCUT2D eigenvalue weighted by Gasteiger charge is -2.08. The van der Waals surface area contributed by atoms with Crippen LogP contribution in [0.2, 0.25) is 0 Å². The Labute approximate surface area is 128 Å². The fourth-order valence-electron chi connectivity index (χ4n) is 2.21. The Balaban J connectivity index is 1.58. The first-order chi connectivity index (χ1) is 10.7. The minimum absolute atomic E-state index is 0.0294. The van der Waals surface area contributed by atoms with Gasteiger partial charge in [0.2, 0.25) is 0 Å². The molecular weight excluding hydrogens is 278 g/mol. The van der Waals surface area contributed by atoms with E-state index in [1.807, 2.05) is 66.2 Å². The van der Waals surface area contributed by atoms with E-state index in [1.54, 1.807) is 0 Å². The largest absolute Gasteiger partial charge is 0.480 e. The molecule has 0 aliphatic rings. The Morgan fingerprint density at radius 2 is 2.05 bits per heavy atom. The highest BCUT2D eigenvalue weighted by atomic mass is 16.5. The zero-order valence-electron chi connectivity index (χ0n) is 12.3. The van der Waals surface area contributed by atoms with Crippen LogP contribution in [0.25, 0.3) is 5.65 Å². The van der Waals surface area contributed by atoms with Gasteiger partial charge in [0.1, 0.15) is 0 Å². The second-order valence-electron chi connectivity index (χ2n) is 5.04. The number of ether oxygens (including phenoxy) is 1. The molecule has 5 heteroatoms. The topological polar surface area (TPSA) is 55.6 Å². The van der Waals surface area contributed by atoms with Crippen molar-refractivity contribution >= 4 is 11.6 Å². The third-order valence-electron chi connectivity index (χ3n) is 3.26. The molecule has 0 aliphatic carbocycles. The number of amides is 1. The Morgan fingerprint density at radius 1 is 1.23 bits per heavy atom. The molecule has 0 spiro atoms. The number of carbonyl (C=O) groups is 1. The van der Waals surface area contributed by atoms with Gasteiger partial charge in [0.05, 0.1) is 5.69 Å². The molecule has 0 saturated carbocycles. The SMILES string of the molecule is Cc1cn2cccc(OCC(=O)NCc3ccccc3)c2n1. The van der Waals surface area contributed by atoms with Crippen molar-refractivity contribution in [3.8, 4) is 5.75 Å². The average Bonchev–Trinajstić information content (AvgIpc) is 2.92. The summed E-state index contributed by atoms with van der Waals surface area (Å²) in [4.78, 5) is 16.3. The van der Waals surface area contributed by atoms with Gasteiger partial charge in [0.15, 0.2) is 18.0 Å². The number of aromatic nitrogens is 2. The highest BCUT2D eigenvalue weighted by Crippen LogP contribution is 2.18. The Morgan fingerprint density at radius 3 is 2.86 bits per heavy atom. The predicted octanol–water partition coefficient (Wildman–Crippen LogP) is 2.34. The summed E-state index contributed by atoms with van der Waals surface area (Å²) in [6.45, 7) is 2.39. The number of fused-ring (bicyclic) bond motifs is 1. The summed E-state index contributed by atoms with van der Waals surface area (Å²) < 4.78 is 7.47. The van der Waals surface area contributed by atoms with Crippen molar-refractivity contribution in [2.75, 3.05) is 6.61 Å². The van der Waals surface area contributed by atoms with Crippen LogP contribution < -0.4 is 10.1 Å². The van der Waals surface area contributed by atoms with Crippen LogP contribution in [0.1, 0.15) is 11.3 Å². The molecular formula is C17H17N3O2. The van der Waals surface area contributed by atoms with Crippen molar-refractivity contribution in [2.24, 2.45) is 0 Å². The molecule has 1 amide bonds. The average molecular weight is 295 g/mol. The van der Waals surface area contributed by atoms with Gasteiger partial charge in [-0.2, -0.15) is 0 Å². The summed E-state index contributed by atoms with van der Waals surface area (Å²) >= 11 is 0. The van der Waals surface area contributed by atoms with Gasteiger partial charge in [-0.1, -0.05) is 30.3 Å². The Kier molecular flexibility index (Phi) is 4.05. The van der Waals surface area contributed by atoms with E-state index in [9.17, 15) is 4.79 Å². The van der Waals surface area contributed by atoms with Gasteiger partial charge in [-0.05, 0) is 24.6 Å². The highest BCUT2D eigenvalue weighted by Gasteiger charge is 2.08. The van der Waals surface area contributed by atoms with E-state index in [0.717, 1.165) is 16.9 Å². The van der Waals surface area contributed by atoms with Crippen LogP contribution in [0, 0.1) is 6.92 Å². The summed E-state index contributed by atoms with van der Waals surface area (Å²) in [7, 11) is 0. The van der Waals surface area contributed by atoms with Gasteiger partial charge in [0, 0.05) is 18.9 Å². The Bertz CT molecular complexity index is 781. The molecule has 1 N–H and O–H groups in total. The maximum absolute atomic E-state index is 11.9. The van der Waals surface area contributed by atoms with Crippen molar-refractivity contribution in [2.45, 2.75) is 13.5 Å². The van der Waals surface area contributed by atoms with Crippen LogP contribution in [-0.2, 0) is 11.3 Å². The lowest BCUT2D eigenvalue weighted by Crippen LogP contribution is -2.28. The van der Waals surface area contributed by atoms with Crippen molar-refractivity contribution in [1.29, 1.82) is 0 Å². The van der Waals surface area contributed by atoms with Crippen LogP contribution in [0.5, 0.6) is 5.75 Å². The number of imidazole rings is 1. The first kappa shape index (κ1) is 14.1. The van der Waals surface area contributed by atoms with Crippen LogP contribution >= 0.6 is 0 Å². The number of nitrogens with one attached hydrogen (secondary N) is 1. The van der Waals surface area contributed by atoms with E-state index in [1.165, 1.54) is 0 Å². The van der Waals surface area contributed by atoms with Crippen molar-refractivity contribution in [1.82, 2.24) is 14.7 Å². The quantitative estimate of drug-likeness (QED) is 0.786. The summed E-state index contributed by atoms with van der Waals surface area (Å²) in [6, 6.07) is 13.4. The van der Waals surface area contributed by atoms with E-state index in [0.29, 0.717) is 12.3 Å². The maximum atomic E-state index is 11.9. The summed E-state index contributed by atoms with van der Waals surface area (Å²) in [6.07, 6.45) is 3.81. The molecule has 2 aromatic heterocycles. The van der Waals surface area contributed by atoms with Crippen LogP contribution in [0.4, 0.5) is 0 Å². The third kappa shape index (κ3) is 3.25. The number of pyridine rings is 1. The fraction of sp³-hybridized carbons (Fsp3) is 0.176. The molecule has 0 radical (unpaired) electrons. The maximum Gasteiger partial charge on any atom is 0.258 e. The molecule has 0 bridgehead atoms. The standard InChI is InChI=1S/C17H17N3O2/c1-13-11-20-9-5-8-15(17(20)19-13)22-12-16(21)18-10-14-6-3-2-4-7-14/h2-9,11H,10,12H2,1H3,(H,18,21). The highest BCUT2D eigenvalue weighted by molar-refractivity contribution is 5.77. The Hall–Kier alpha value is -2.82. The van der Waals surface area contributed by atoms with E-state index in [4.69, 9.17) is 4.74 Å². The molecule has 1 aromatic carbocycles. The number of rotatable bonds is 5. The minimum atomic E-state index is -0.158. The van der Waals surface area contributed by atoms with Crippen LogP contribution in [0.3, 0.4) is 0 Å². The number of benzene rings is 1. The van der Waals surface area contributed by atoms with Crippen molar-refractivity contribution in [3.05, 3.63) is 66.1 Å². The summed E-state index contributed by atoms with van der Waals surface area (Å²) in [5.74, 6) is 0.444. The second-order valence-corrected chi connectivity index (χ2v) is 5.04. The number of nitrogens with zero attached hydrogens (tertiary/aromatic N) is 2. The van der Waals surface area contributed by atoms with Gasteiger partial charge in [-0.25, -0.2) is 4.98 Å². The molecule has 3 rings (SSSR count). The normalized spacial score (nSPS) is 10.6. The van der Waals surface area contributed by atoms with Crippen LogP contribution in [0.15, 0.2) is 54.9 Å². The van der Waals surface area contributed by atoms with Gasteiger partial charge < -0.3 is 14.5 Å². The number of aryl methyl sites for hydroxylation is 1. The molecule has 0 aliphatic heterocycles. The smallest absolute Gasteiger partial charge is 0.258 e. The molecule has 5 nitrogen and oxygen atoms in total. The number of hydrogen-bond donors (Lipinski definition) is 1. The van der Waals surface area contributed by atoms with E-state index in [-0.39, 0.29) is 12.5 Å². The molecule has 22 heavy (non-hydrogen) atoms. The monoisotopic (exact) mass is 295 g/mol. The molecule has 0 fully saturated rings. The number of carbonyl (C=O) groups excluding carboxylic acids is 1. The predicted molar refractivity (Wildman–Crippen MR) is 83.7 cm³/mol. The third-order valence-corrected chi connectivity index (χ3v) is 3.26. The van der Waals surface area contributed by atoms with Gasteiger partial charge >= 0.3 is 0 Å². The second kappa shape index (κ2) is 6.30. The zero-order valence-corrected chi connectivity index (χ0v) is 12.3. The minimum Gasteiger partial charge on any atom is -0.480 e. The van der Waals surface area contributed by atoms with Crippen molar-refractivity contribution in [3.63, 3.8) is 0 Å². The fourth-order valence-corrected chi connectivity index (χ4v) is 2.21. The van der Waals surface area contributed by atoms with Gasteiger partial charge in [-0.3, -0.25) is 4.79 Å². The van der Waals surface area contributed by atoms with E-state index >= 15 is 0 Å². The molecule has 3 aromatic rings. The first-order valence-corrected chi connectivity index (χ1v) is 7.10. The van der Waals surface area contributed by atoms with E-state index < -0.39 is 0 Å². The molecule has 0 atom stereocenters. The van der Waals surface area contributed by atoms with Gasteiger partial charge in [-0.15, -0.1) is 0 Å². The molecule has 2 heterocycles. The molecule has 112 valence electrons. The number of hydrogen-bond acceptors (Lipinski definition) is 3. The van der Waals surface area contributed by atoms with E-state index in [2.05, 4.69) is 10.3 Å². The van der Waals surface area contributed by atoms with Gasteiger partial charge in [0.25, 0.3) is 5.91 Å². The summed E-state index contributed by atoms with van der Waals surface area (Å²) in [5.41, 5.74) is 2.68. The lowest BCUT2D eigenvalue weighted by atomic mass is 10.2. The van der Waals surface area contributed by atoms with Crippen molar-refractivity contribution < 1.29 is 9.53 Å².